The van der Waals surface area contributed by atoms with Gasteiger partial charge in [0.2, 0.25) is 0 Å². The summed E-state index contributed by atoms with van der Waals surface area (Å²) in [5, 5.41) is 0.301. The van der Waals surface area contributed by atoms with Crippen LogP contribution in [-0.2, 0) is 6.54 Å². The number of piperidine rings is 1. The topological polar surface area (TPSA) is 38.1 Å². The van der Waals surface area contributed by atoms with Crippen molar-refractivity contribution in [3.63, 3.8) is 0 Å². The second-order valence-corrected chi connectivity index (χ2v) is 4.67. The lowest BCUT2D eigenvalue weighted by Gasteiger charge is -2.40. The minimum atomic E-state index is -0.214. The Bertz CT molecular complexity index is 456. The molecule has 1 fully saturated rings. The molecule has 0 spiro atoms. The molecule has 4 nitrogen and oxygen atoms in total. The molecule has 3 heterocycles. The Balaban J connectivity index is 2.17. The Morgan fingerprint density at radius 2 is 2.33 bits per heavy atom. The number of anilines is 1. The molecule has 3 rings (SSSR count). The van der Waals surface area contributed by atoms with Gasteiger partial charge in [-0.25, -0.2) is 4.79 Å². The number of hydrogen-bond acceptors (Lipinski definition) is 3. The summed E-state index contributed by atoms with van der Waals surface area (Å²) in [6.07, 6.45) is 2.42. The second-order valence-electron chi connectivity index (χ2n) is 4.28. The van der Waals surface area contributed by atoms with Crippen molar-refractivity contribution in [2.75, 3.05) is 18.0 Å². The SMILES string of the molecule is O=c1nc(Cl)cc2n1C[C@H]1CCCN2C1. The number of aromatic nitrogens is 2. The maximum Gasteiger partial charge on any atom is 0.350 e. The highest BCUT2D eigenvalue weighted by Gasteiger charge is 2.28. The van der Waals surface area contributed by atoms with Crippen LogP contribution in [0.2, 0.25) is 5.15 Å². The third-order valence-electron chi connectivity index (χ3n) is 3.24. The minimum Gasteiger partial charge on any atom is -0.357 e. The standard InChI is InChI=1S/C10H12ClN3O/c11-8-4-9-13-3-1-2-7(5-13)6-14(9)10(15)12-8/h4,7H,1-3,5-6H2/t7-/m0/s1. The molecule has 1 saturated heterocycles. The van der Waals surface area contributed by atoms with E-state index in [2.05, 4.69) is 9.88 Å². The van der Waals surface area contributed by atoms with Crippen LogP contribution in [0.1, 0.15) is 12.8 Å². The summed E-state index contributed by atoms with van der Waals surface area (Å²) in [5.74, 6) is 1.54. The van der Waals surface area contributed by atoms with Gasteiger partial charge in [-0.15, -0.1) is 0 Å². The lowest BCUT2D eigenvalue weighted by molar-refractivity contribution is 0.326. The van der Waals surface area contributed by atoms with Crippen molar-refractivity contribution in [1.29, 1.82) is 0 Å². The third kappa shape index (κ3) is 1.44. The molecule has 0 aliphatic carbocycles. The van der Waals surface area contributed by atoms with Crippen LogP contribution in [0.5, 0.6) is 0 Å². The van der Waals surface area contributed by atoms with Crippen molar-refractivity contribution in [3.05, 3.63) is 21.7 Å². The van der Waals surface area contributed by atoms with Crippen molar-refractivity contribution in [2.45, 2.75) is 19.4 Å². The van der Waals surface area contributed by atoms with Gasteiger partial charge in [-0.1, -0.05) is 11.6 Å². The minimum absolute atomic E-state index is 0.214. The molecule has 0 saturated carbocycles. The van der Waals surface area contributed by atoms with Gasteiger partial charge in [0.15, 0.2) is 0 Å². The average molecular weight is 226 g/mol. The van der Waals surface area contributed by atoms with Gasteiger partial charge in [0.1, 0.15) is 11.0 Å². The molecule has 2 bridgehead atoms. The van der Waals surface area contributed by atoms with Gasteiger partial charge in [-0.05, 0) is 18.8 Å². The molecular weight excluding hydrogens is 214 g/mol. The molecule has 0 radical (unpaired) electrons. The Hall–Kier alpha value is -1.03. The predicted molar refractivity (Wildman–Crippen MR) is 58.4 cm³/mol. The highest BCUT2D eigenvalue weighted by Crippen LogP contribution is 2.29. The fourth-order valence-electron chi connectivity index (χ4n) is 2.58. The first-order valence-corrected chi connectivity index (χ1v) is 5.64. The number of fused-ring (bicyclic) bond motifs is 4. The maximum atomic E-state index is 11.7. The number of rotatable bonds is 0. The van der Waals surface area contributed by atoms with Crippen molar-refractivity contribution < 1.29 is 0 Å². The van der Waals surface area contributed by atoms with Crippen LogP contribution in [0.4, 0.5) is 5.82 Å². The number of halogens is 1. The molecule has 2 aliphatic heterocycles. The maximum absolute atomic E-state index is 11.7. The summed E-state index contributed by atoms with van der Waals surface area (Å²) in [4.78, 5) is 17.7. The van der Waals surface area contributed by atoms with E-state index in [4.69, 9.17) is 11.6 Å². The number of hydrogen-bond donors (Lipinski definition) is 0. The molecule has 1 aromatic heterocycles. The van der Waals surface area contributed by atoms with E-state index in [0.29, 0.717) is 11.1 Å². The van der Waals surface area contributed by atoms with Crippen LogP contribution >= 0.6 is 11.6 Å². The Morgan fingerprint density at radius 3 is 3.20 bits per heavy atom. The van der Waals surface area contributed by atoms with E-state index in [1.54, 1.807) is 10.6 Å². The van der Waals surface area contributed by atoms with E-state index >= 15 is 0 Å². The Morgan fingerprint density at radius 1 is 1.47 bits per heavy atom. The second kappa shape index (κ2) is 3.23. The van der Waals surface area contributed by atoms with Crippen LogP contribution in [-0.4, -0.2) is 22.6 Å². The largest absolute Gasteiger partial charge is 0.357 e. The average Bonchev–Trinajstić information content (AvgIpc) is 2.21. The molecule has 1 aromatic rings. The summed E-state index contributed by atoms with van der Waals surface area (Å²) in [6, 6.07) is 1.80. The smallest absolute Gasteiger partial charge is 0.350 e. The van der Waals surface area contributed by atoms with Gasteiger partial charge in [-0.3, -0.25) is 4.57 Å². The molecular formula is C10H12ClN3O. The molecule has 2 aliphatic rings. The van der Waals surface area contributed by atoms with E-state index in [9.17, 15) is 4.79 Å². The zero-order valence-electron chi connectivity index (χ0n) is 8.32. The summed E-state index contributed by atoms with van der Waals surface area (Å²) in [5.41, 5.74) is -0.214. The molecule has 15 heavy (non-hydrogen) atoms. The van der Waals surface area contributed by atoms with Crippen LogP contribution in [0, 0.1) is 5.92 Å². The Kier molecular flexibility index (Phi) is 1.99. The molecule has 0 amide bonds. The normalized spacial score (nSPS) is 23.8. The first-order chi connectivity index (χ1) is 7.24. The zero-order valence-corrected chi connectivity index (χ0v) is 9.07. The lowest BCUT2D eigenvalue weighted by atomic mass is 9.96. The molecule has 0 unspecified atom stereocenters. The highest BCUT2D eigenvalue weighted by atomic mass is 35.5. The van der Waals surface area contributed by atoms with Crippen molar-refractivity contribution >= 4 is 17.4 Å². The Labute approximate surface area is 92.5 Å². The van der Waals surface area contributed by atoms with Gasteiger partial charge < -0.3 is 4.90 Å². The number of nitrogens with zero attached hydrogens (tertiary/aromatic N) is 3. The first kappa shape index (κ1) is 9.21. The molecule has 80 valence electrons. The quantitative estimate of drug-likeness (QED) is 0.622. The van der Waals surface area contributed by atoms with Gasteiger partial charge in [0.25, 0.3) is 0 Å². The summed E-state index contributed by atoms with van der Waals surface area (Å²) in [7, 11) is 0. The summed E-state index contributed by atoms with van der Waals surface area (Å²) >= 11 is 5.81. The molecule has 5 heteroatoms. The van der Waals surface area contributed by atoms with E-state index in [0.717, 1.165) is 25.5 Å². The van der Waals surface area contributed by atoms with Crippen LogP contribution in [0.25, 0.3) is 0 Å². The van der Waals surface area contributed by atoms with E-state index in [1.807, 2.05) is 0 Å². The molecule has 0 aromatic carbocycles. The molecule has 0 N–H and O–H groups in total. The van der Waals surface area contributed by atoms with Gasteiger partial charge in [0, 0.05) is 25.7 Å². The monoisotopic (exact) mass is 225 g/mol. The fraction of sp³-hybridized carbons (Fsp3) is 0.600. The van der Waals surface area contributed by atoms with Crippen LogP contribution < -0.4 is 10.6 Å². The van der Waals surface area contributed by atoms with Gasteiger partial charge in [0.05, 0.1) is 0 Å². The summed E-state index contributed by atoms with van der Waals surface area (Å²) < 4.78 is 1.75. The molecule has 1 atom stereocenters. The van der Waals surface area contributed by atoms with E-state index in [-0.39, 0.29) is 5.69 Å². The van der Waals surface area contributed by atoms with E-state index < -0.39 is 0 Å². The van der Waals surface area contributed by atoms with Crippen molar-refractivity contribution in [3.8, 4) is 0 Å². The van der Waals surface area contributed by atoms with Crippen LogP contribution in [0.3, 0.4) is 0 Å². The third-order valence-corrected chi connectivity index (χ3v) is 3.44. The lowest BCUT2D eigenvalue weighted by Crippen LogP contribution is -2.46. The van der Waals surface area contributed by atoms with E-state index in [1.165, 1.54) is 12.8 Å². The summed E-state index contributed by atoms with van der Waals surface area (Å²) in [6.45, 7) is 2.88. The fourth-order valence-corrected chi connectivity index (χ4v) is 2.75. The van der Waals surface area contributed by atoms with Crippen molar-refractivity contribution in [2.24, 2.45) is 5.92 Å². The van der Waals surface area contributed by atoms with Crippen LogP contribution in [0.15, 0.2) is 10.9 Å². The van der Waals surface area contributed by atoms with Crippen molar-refractivity contribution in [1.82, 2.24) is 9.55 Å². The first-order valence-electron chi connectivity index (χ1n) is 5.26. The van der Waals surface area contributed by atoms with Gasteiger partial charge in [-0.2, -0.15) is 4.98 Å². The van der Waals surface area contributed by atoms with Gasteiger partial charge >= 0.3 is 5.69 Å². The zero-order chi connectivity index (χ0) is 10.4. The predicted octanol–water partition coefficient (Wildman–Crippen LogP) is 1.13. The highest BCUT2D eigenvalue weighted by molar-refractivity contribution is 6.29.